The molecule has 1 aromatic carbocycles. The Morgan fingerprint density at radius 1 is 1.41 bits per heavy atom. The molecule has 0 aliphatic carbocycles. The lowest BCUT2D eigenvalue weighted by Gasteiger charge is -2.02. The third-order valence-electron chi connectivity index (χ3n) is 2.68. The van der Waals surface area contributed by atoms with Crippen molar-refractivity contribution in [1.82, 2.24) is 9.78 Å². The normalized spacial score (nSPS) is 10.8. The first-order valence-electron chi connectivity index (χ1n) is 5.30. The topological polar surface area (TPSA) is 43.8 Å². The molecule has 0 radical (unpaired) electrons. The zero-order valence-electron chi connectivity index (χ0n) is 9.67. The Bertz CT molecular complexity index is 543. The first-order valence-corrected chi connectivity index (χ1v) is 6.47. The van der Waals surface area contributed by atoms with Gasteiger partial charge in [0.25, 0.3) is 0 Å². The van der Waals surface area contributed by atoms with Gasteiger partial charge in [0.05, 0.1) is 5.69 Å². The molecule has 0 saturated carbocycles. The fourth-order valence-corrected chi connectivity index (χ4v) is 2.71. The lowest BCUT2D eigenvalue weighted by Crippen LogP contribution is -1.98. The molecule has 0 spiro atoms. The second-order valence-electron chi connectivity index (χ2n) is 3.85. The molecule has 17 heavy (non-hydrogen) atoms. The number of hydrogen-bond donors (Lipinski definition) is 1. The highest BCUT2D eigenvalue weighted by molar-refractivity contribution is 9.10. The fourth-order valence-electron chi connectivity index (χ4n) is 1.85. The molecule has 0 saturated heterocycles. The van der Waals surface area contributed by atoms with E-state index in [4.69, 9.17) is 17.3 Å². The molecule has 0 unspecified atom stereocenters. The highest BCUT2D eigenvalue weighted by Crippen LogP contribution is 2.31. The zero-order chi connectivity index (χ0) is 12.6. The van der Waals surface area contributed by atoms with Crippen molar-refractivity contribution in [2.24, 2.45) is 7.05 Å². The van der Waals surface area contributed by atoms with Gasteiger partial charge in [0.2, 0.25) is 0 Å². The van der Waals surface area contributed by atoms with Crippen molar-refractivity contribution in [3.8, 4) is 11.3 Å². The maximum atomic E-state index is 6.05. The van der Waals surface area contributed by atoms with Crippen molar-refractivity contribution in [2.45, 2.75) is 13.3 Å². The van der Waals surface area contributed by atoms with Gasteiger partial charge in [0, 0.05) is 27.7 Å². The standard InChI is InChI=1S/C12H13BrClN3/c1-3-10-11(16-17(2)12(10)15)7-4-8(13)6-9(14)5-7/h4-6H,3,15H2,1-2H3. The largest absolute Gasteiger partial charge is 0.384 e. The number of anilines is 1. The molecule has 0 bridgehead atoms. The summed E-state index contributed by atoms with van der Waals surface area (Å²) in [5.74, 6) is 0.707. The summed E-state index contributed by atoms with van der Waals surface area (Å²) in [5, 5.41) is 5.13. The molecule has 2 N–H and O–H groups in total. The van der Waals surface area contributed by atoms with Crippen LogP contribution >= 0.6 is 27.5 Å². The van der Waals surface area contributed by atoms with Crippen LogP contribution < -0.4 is 5.73 Å². The van der Waals surface area contributed by atoms with Gasteiger partial charge in [-0.3, -0.25) is 4.68 Å². The highest BCUT2D eigenvalue weighted by Gasteiger charge is 2.14. The van der Waals surface area contributed by atoms with E-state index in [0.717, 1.165) is 27.7 Å². The number of halogens is 2. The van der Waals surface area contributed by atoms with Crippen LogP contribution in [0.5, 0.6) is 0 Å². The minimum Gasteiger partial charge on any atom is -0.384 e. The SMILES string of the molecule is CCc1c(-c2cc(Cl)cc(Br)c2)nn(C)c1N. The average molecular weight is 315 g/mol. The maximum Gasteiger partial charge on any atom is 0.125 e. The summed E-state index contributed by atoms with van der Waals surface area (Å²) in [7, 11) is 1.84. The van der Waals surface area contributed by atoms with Gasteiger partial charge >= 0.3 is 0 Å². The van der Waals surface area contributed by atoms with Crippen LogP contribution in [0.1, 0.15) is 12.5 Å². The van der Waals surface area contributed by atoms with Gasteiger partial charge in [-0.2, -0.15) is 5.10 Å². The molecule has 3 nitrogen and oxygen atoms in total. The van der Waals surface area contributed by atoms with Crippen molar-refractivity contribution in [1.29, 1.82) is 0 Å². The van der Waals surface area contributed by atoms with Crippen molar-refractivity contribution < 1.29 is 0 Å². The summed E-state index contributed by atoms with van der Waals surface area (Å²) in [6, 6.07) is 5.74. The number of benzene rings is 1. The minimum absolute atomic E-state index is 0.681. The maximum absolute atomic E-state index is 6.05. The number of rotatable bonds is 2. The first-order chi connectivity index (χ1) is 8.02. The Kier molecular flexibility index (Phi) is 3.45. The molecule has 2 rings (SSSR count). The van der Waals surface area contributed by atoms with Crippen molar-refractivity contribution >= 4 is 33.3 Å². The summed E-state index contributed by atoms with van der Waals surface area (Å²) in [6.45, 7) is 2.07. The zero-order valence-corrected chi connectivity index (χ0v) is 12.0. The molecule has 1 aromatic heterocycles. The molecule has 0 atom stereocenters. The Morgan fingerprint density at radius 2 is 2.12 bits per heavy atom. The smallest absolute Gasteiger partial charge is 0.125 e. The van der Waals surface area contributed by atoms with E-state index in [-0.39, 0.29) is 0 Å². The van der Waals surface area contributed by atoms with Crippen LogP contribution in [0.15, 0.2) is 22.7 Å². The van der Waals surface area contributed by atoms with Crippen LogP contribution in [-0.2, 0) is 13.5 Å². The van der Waals surface area contributed by atoms with Crippen molar-refractivity contribution in [2.75, 3.05) is 5.73 Å². The molecule has 0 amide bonds. The third kappa shape index (κ3) is 2.33. The predicted molar refractivity (Wildman–Crippen MR) is 75.1 cm³/mol. The number of aryl methyl sites for hydroxylation is 1. The van der Waals surface area contributed by atoms with E-state index in [2.05, 4.69) is 28.0 Å². The minimum atomic E-state index is 0.681. The molecule has 5 heteroatoms. The lowest BCUT2D eigenvalue weighted by molar-refractivity contribution is 0.781. The molecule has 0 aliphatic rings. The van der Waals surface area contributed by atoms with Gasteiger partial charge in [-0.05, 0) is 24.6 Å². The first kappa shape index (κ1) is 12.5. The van der Waals surface area contributed by atoms with Gasteiger partial charge in [0.15, 0.2) is 0 Å². The summed E-state index contributed by atoms with van der Waals surface area (Å²) < 4.78 is 2.63. The predicted octanol–water partition coefficient (Wildman–Crippen LogP) is 3.65. The monoisotopic (exact) mass is 313 g/mol. The Morgan fingerprint density at radius 3 is 2.71 bits per heavy atom. The van der Waals surface area contributed by atoms with Crippen molar-refractivity contribution in [3.05, 3.63) is 33.3 Å². The van der Waals surface area contributed by atoms with Gasteiger partial charge in [-0.25, -0.2) is 0 Å². The quantitative estimate of drug-likeness (QED) is 0.919. The van der Waals surface area contributed by atoms with Crippen LogP contribution in [0.3, 0.4) is 0 Å². The Labute approximate surface area is 114 Å². The number of nitrogens with zero attached hydrogens (tertiary/aromatic N) is 2. The number of nitrogens with two attached hydrogens (primary N) is 1. The summed E-state index contributed by atoms with van der Waals surface area (Å²) >= 11 is 9.48. The molecule has 90 valence electrons. The van der Waals surface area contributed by atoms with Crippen LogP contribution in [0, 0.1) is 0 Å². The van der Waals surface area contributed by atoms with Crippen LogP contribution in [0.2, 0.25) is 5.02 Å². The van der Waals surface area contributed by atoms with Crippen LogP contribution in [0.4, 0.5) is 5.82 Å². The van der Waals surface area contributed by atoms with E-state index in [0.29, 0.717) is 10.8 Å². The molecule has 2 aromatic rings. The van der Waals surface area contributed by atoms with E-state index < -0.39 is 0 Å². The van der Waals surface area contributed by atoms with E-state index >= 15 is 0 Å². The Hall–Kier alpha value is -1.00. The van der Waals surface area contributed by atoms with Crippen LogP contribution in [-0.4, -0.2) is 9.78 Å². The van der Waals surface area contributed by atoms with E-state index in [9.17, 15) is 0 Å². The number of hydrogen-bond acceptors (Lipinski definition) is 2. The molecule has 1 heterocycles. The average Bonchev–Trinajstić information content (AvgIpc) is 2.54. The van der Waals surface area contributed by atoms with Gasteiger partial charge in [-0.15, -0.1) is 0 Å². The summed E-state index contributed by atoms with van der Waals surface area (Å²) in [4.78, 5) is 0. The molecule has 0 aliphatic heterocycles. The van der Waals surface area contributed by atoms with E-state index in [1.807, 2.05) is 25.2 Å². The lowest BCUT2D eigenvalue weighted by atomic mass is 10.1. The second kappa shape index (κ2) is 4.70. The van der Waals surface area contributed by atoms with E-state index in [1.54, 1.807) is 4.68 Å². The van der Waals surface area contributed by atoms with Gasteiger partial charge in [0.1, 0.15) is 5.82 Å². The van der Waals surface area contributed by atoms with E-state index in [1.165, 1.54) is 0 Å². The van der Waals surface area contributed by atoms with Gasteiger partial charge < -0.3 is 5.73 Å². The second-order valence-corrected chi connectivity index (χ2v) is 5.20. The Balaban J connectivity index is 2.63. The van der Waals surface area contributed by atoms with Gasteiger partial charge in [-0.1, -0.05) is 34.5 Å². The van der Waals surface area contributed by atoms with Crippen molar-refractivity contribution in [3.63, 3.8) is 0 Å². The summed E-state index contributed by atoms with van der Waals surface area (Å²) in [6.07, 6.45) is 0.846. The van der Waals surface area contributed by atoms with Crippen LogP contribution in [0.25, 0.3) is 11.3 Å². The molecule has 0 fully saturated rings. The number of aromatic nitrogens is 2. The molecular formula is C12H13BrClN3. The summed E-state index contributed by atoms with van der Waals surface area (Å²) in [5.41, 5.74) is 8.92. The highest BCUT2D eigenvalue weighted by atomic mass is 79.9. The fraction of sp³-hybridized carbons (Fsp3) is 0.250. The third-order valence-corrected chi connectivity index (χ3v) is 3.36. The number of nitrogen functional groups attached to an aromatic ring is 1. The molecular weight excluding hydrogens is 302 g/mol.